The van der Waals surface area contributed by atoms with Crippen LogP contribution in [0.4, 0.5) is 0 Å². The lowest BCUT2D eigenvalue weighted by atomic mass is 9.68. The number of hydrogen-bond acceptors (Lipinski definition) is 1. The number of rotatable bonds is 0. The SMILES string of the molecule is C.CC.CC.CC.CC.CC(C(C)(C)C)C(C)(C)C.CC(C)(C)C1CCCN1C(C)(C)C.CC1CCC(C)CC1.CCC.CCC.CCC.CCC.CCC. The number of hydrogen-bond donors (Lipinski definition) is 0. The molecule has 1 nitrogen and oxygen atoms in total. The molecule has 1 atom stereocenters. The molecule has 1 aliphatic carbocycles. The zero-order chi connectivity index (χ0) is 46.4. The van der Waals surface area contributed by atoms with Crippen LogP contribution in [0.1, 0.15) is 307 Å². The van der Waals surface area contributed by atoms with Gasteiger partial charge in [-0.05, 0) is 74.2 Å². The van der Waals surface area contributed by atoms with Gasteiger partial charge in [0, 0.05) is 11.6 Å². The molecule has 2 aliphatic rings. The molecule has 0 aromatic carbocycles. The van der Waals surface area contributed by atoms with Gasteiger partial charge in [0.1, 0.15) is 0 Å². The van der Waals surface area contributed by atoms with Crippen LogP contribution >= 0.6 is 0 Å². The van der Waals surface area contributed by atoms with Crippen LogP contribution in [0.2, 0.25) is 0 Å². The molecule has 2 rings (SSSR count). The molecule has 352 valence electrons. The van der Waals surface area contributed by atoms with Crippen molar-refractivity contribution in [2.24, 2.45) is 34.0 Å². The predicted octanol–water partition coefficient (Wildman–Crippen LogP) is 21.7. The summed E-state index contributed by atoms with van der Waals surface area (Å²) in [5.74, 6) is 2.80. The third kappa shape index (κ3) is 75.4. The number of nitrogens with zero attached hydrogens (tertiary/aromatic N) is 1. The van der Waals surface area contributed by atoms with E-state index in [0.29, 0.717) is 21.8 Å². The maximum Gasteiger partial charge on any atom is 0.0149 e. The summed E-state index contributed by atoms with van der Waals surface area (Å²) in [5.41, 5.74) is 1.66. The van der Waals surface area contributed by atoms with Gasteiger partial charge >= 0.3 is 0 Å². The molecule has 1 saturated heterocycles. The Morgan fingerprint density at radius 3 is 0.745 bits per heavy atom. The second-order valence-electron chi connectivity index (χ2n) is 18.7. The molecule has 0 radical (unpaired) electrons. The average molecular weight is 795 g/mol. The smallest absolute Gasteiger partial charge is 0.0149 e. The van der Waals surface area contributed by atoms with Crippen LogP contribution in [0.25, 0.3) is 0 Å². The maximum absolute atomic E-state index is 2.67. The summed E-state index contributed by atoms with van der Waals surface area (Å²) in [7, 11) is 0. The van der Waals surface area contributed by atoms with E-state index < -0.39 is 0 Å². The van der Waals surface area contributed by atoms with Crippen LogP contribution in [-0.4, -0.2) is 23.0 Å². The Labute approximate surface area is 362 Å². The lowest BCUT2D eigenvalue weighted by Gasteiger charge is -2.43. The van der Waals surface area contributed by atoms with E-state index >= 15 is 0 Å². The van der Waals surface area contributed by atoms with E-state index in [1.54, 1.807) is 0 Å². The lowest BCUT2D eigenvalue weighted by Crippen LogP contribution is -2.49. The predicted molar refractivity (Wildman–Crippen MR) is 276 cm³/mol. The van der Waals surface area contributed by atoms with Gasteiger partial charge in [-0.2, -0.15) is 0 Å². The summed E-state index contributed by atoms with van der Waals surface area (Å²) in [6.07, 6.45) is 14.9. The minimum absolute atomic E-state index is 0. The summed E-state index contributed by atoms with van der Waals surface area (Å²) in [5, 5.41) is 0. The highest BCUT2D eigenvalue weighted by atomic mass is 15.2. The Kier molecular flexibility index (Phi) is 87.7. The van der Waals surface area contributed by atoms with Gasteiger partial charge in [-0.15, -0.1) is 0 Å². The van der Waals surface area contributed by atoms with Gasteiger partial charge in [0.25, 0.3) is 0 Å². The van der Waals surface area contributed by atoms with Crippen molar-refractivity contribution in [3.63, 3.8) is 0 Å². The van der Waals surface area contributed by atoms with Gasteiger partial charge in [0.05, 0.1) is 0 Å². The Balaban J connectivity index is -0.0000000463. The minimum Gasteiger partial charge on any atom is -0.295 e. The van der Waals surface area contributed by atoms with Crippen molar-refractivity contribution in [2.45, 2.75) is 318 Å². The highest BCUT2D eigenvalue weighted by Gasteiger charge is 2.39. The molecule has 1 heterocycles. The van der Waals surface area contributed by atoms with Gasteiger partial charge in [-0.3, -0.25) is 4.90 Å². The highest BCUT2D eigenvalue weighted by Crippen LogP contribution is 2.39. The Hall–Kier alpha value is -0.0400. The zero-order valence-electron chi connectivity index (χ0n) is 46.2. The summed E-state index contributed by atoms with van der Waals surface area (Å²) < 4.78 is 0. The van der Waals surface area contributed by atoms with E-state index in [9.17, 15) is 0 Å². The first kappa shape index (κ1) is 82.8. The van der Waals surface area contributed by atoms with Crippen molar-refractivity contribution < 1.29 is 0 Å². The van der Waals surface area contributed by atoms with E-state index in [2.05, 4.69) is 178 Å². The van der Waals surface area contributed by atoms with E-state index in [0.717, 1.165) is 23.8 Å². The molecule has 55 heavy (non-hydrogen) atoms. The molecule has 2 fully saturated rings. The summed E-state index contributed by atoms with van der Waals surface area (Å²) in [4.78, 5) is 2.67. The van der Waals surface area contributed by atoms with Gasteiger partial charge in [-0.25, -0.2) is 0 Å². The lowest BCUT2D eigenvalue weighted by molar-refractivity contribution is 0.0582. The van der Waals surface area contributed by atoms with Crippen LogP contribution in [-0.2, 0) is 0 Å². The fourth-order valence-electron chi connectivity index (χ4n) is 5.20. The molecule has 0 aromatic heterocycles. The molecule has 1 unspecified atom stereocenters. The van der Waals surface area contributed by atoms with Gasteiger partial charge in [0.15, 0.2) is 0 Å². The topological polar surface area (TPSA) is 3.24 Å². The largest absolute Gasteiger partial charge is 0.295 e. The van der Waals surface area contributed by atoms with Crippen molar-refractivity contribution in [2.75, 3.05) is 6.54 Å². The van der Waals surface area contributed by atoms with Crippen molar-refractivity contribution >= 4 is 0 Å². The van der Waals surface area contributed by atoms with Crippen molar-refractivity contribution in [3.05, 3.63) is 0 Å². The molecule has 0 N–H and O–H groups in total. The molecule has 0 bridgehead atoms. The first-order valence-corrected chi connectivity index (χ1v) is 24.5. The van der Waals surface area contributed by atoms with Crippen LogP contribution < -0.4 is 0 Å². The van der Waals surface area contributed by atoms with E-state index in [4.69, 9.17) is 0 Å². The second-order valence-corrected chi connectivity index (χ2v) is 18.7. The summed E-state index contributed by atoms with van der Waals surface area (Å²) in [6.45, 7) is 73.5. The molecular weight excluding hydrogens is 663 g/mol. The Bertz CT molecular complexity index is 484. The van der Waals surface area contributed by atoms with E-state index in [1.807, 2.05) is 55.4 Å². The first-order valence-electron chi connectivity index (χ1n) is 24.5. The normalized spacial score (nSPS) is 16.8. The van der Waals surface area contributed by atoms with E-state index in [-0.39, 0.29) is 7.43 Å². The van der Waals surface area contributed by atoms with Crippen molar-refractivity contribution in [1.82, 2.24) is 4.90 Å². The summed E-state index contributed by atoms with van der Waals surface area (Å²) >= 11 is 0. The molecule has 0 aromatic rings. The molecule has 1 aliphatic heterocycles. The maximum atomic E-state index is 2.67. The Morgan fingerprint density at radius 2 is 0.636 bits per heavy atom. The fraction of sp³-hybridized carbons (Fsp3) is 1.00. The quantitative estimate of drug-likeness (QED) is 0.236. The highest BCUT2D eigenvalue weighted by molar-refractivity contribution is 4.93. The average Bonchev–Trinajstić information content (AvgIpc) is 3.60. The van der Waals surface area contributed by atoms with Crippen LogP contribution in [0, 0.1) is 34.0 Å². The standard InChI is InChI=1S/C12H25N.C10H22.C8H16.5C3H8.4C2H6.CH4/c1-11(2,3)10-8-7-9-13(10)12(4,5)6;1-8(9(2,3)4)10(5,6)7;1-7-3-5-8(2)6-4-7;5*1-3-2;4*1-2;/h10H,7-9H2,1-6H3;8H,1-7H3;7-8H,3-6H2,1-2H3;5*3H2,1-2H3;4*1-2H3;1H4. The van der Waals surface area contributed by atoms with Gasteiger partial charge in [-0.1, -0.05) is 273 Å². The third-order valence-electron chi connectivity index (χ3n) is 8.02. The third-order valence-corrected chi connectivity index (χ3v) is 8.02. The molecule has 0 amide bonds. The monoisotopic (exact) mass is 794 g/mol. The first-order chi connectivity index (χ1) is 24.7. The zero-order valence-corrected chi connectivity index (χ0v) is 46.2. The summed E-state index contributed by atoms with van der Waals surface area (Å²) in [6, 6.07) is 0.771. The molecule has 1 saturated carbocycles. The van der Waals surface area contributed by atoms with Crippen LogP contribution in [0.3, 0.4) is 0 Å². The van der Waals surface area contributed by atoms with Crippen molar-refractivity contribution in [3.8, 4) is 0 Å². The van der Waals surface area contributed by atoms with Crippen molar-refractivity contribution in [1.29, 1.82) is 0 Å². The minimum atomic E-state index is 0. The fourth-order valence-corrected chi connectivity index (χ4v) is 5.20. The van der Waals surface area contributed by atoms with Crippen LogP contribution in [0.15, 0.2) is 0 Å². The second kappa shape index (κ2) is 58.3. The van der Waals surface area contributed by atoms with E-state index in [1.165, 1.54) is 77.2 Å². The molecular formula is C54H131N. The Morgan fingerprint density at radius 1 is 0.436 bits per heavy atom. The van der Waals surface area contributed by atoms with Gasteiger partial charge in [0.2, 0.25) is 0 Å². The molecule has 0 spiro atoms. The number of likely N-dealkylation sites (tertiary alicyclic amines) is 1. The van der Waals surface area contributed by atoms with Gasteiger partial charge < -0.3 is 0 Å². The van der Waals surface area contributed by atoms with Crippen LogP contribution in [0.5, 0.6) is 0 Å². The molecule has 1 heteroatoms.